The van der Waals surface area contributed by atoms with Crippen LogP contribution in [0.4, 0.5) is 8.78 Å². The highest BCUT2D eigenvalue weighted by molar-refractivity contribution is 5.80. The lowest BCUT2D eigenvalue weighted by atomic mass is 10.1. The van der Waals surface area contributed by atoms with Gasteiger partial charge in [0.05, 0.1) is 0 Å². The molecule has 0 aromatic heterocycles. The lowest BCUT2D eigenvalue weighted by Gasteiger charge is -2.19. The Kier molecular flexibility index (Phi) is 2.45. The van der Waals surface area contributed by atoms with Crippen molar-refractivity contribution in [2.75, 3.05) is 6.54 Å². The molecule has 2 nitrogen and oxygen atoms in total. The standard InChI is InChI=1S/C10H15F2NO/c11-10(12)5-1-2-8(10)6-13-9(14)7-3-4-7/h7-8H,1-6H2,(H,13,14). The van der Waals surface area contributed by atoms with Crippen molar-refractivity contribution in [3.63, 3.8) is 0 Å². The molecule has 2 aliphatic carbocycles. The summed E-state index contributed by atoms with van der Waals surface area (Å²) in [5, 5.41) is 2.62. The lowest BCUT2D eigenvalue weighted by molar-refractivity contribution is -0.123. The number of carbonyl (C=O) groups excluding carboxylic acids is 1. The van der Waals surface area contributed by atoms with Gasteiger partial charge in [0.2, 0.25) is 5.91 Å². The van der Waals surface area contributed by atoms with Gasteiger partial charge < -0.3 is 5.32 Å². The maximum atomic E-state index is 13.1. The first kappa shape index (κ1) is 9.87. The molecule has 0 heterocycles. The van der Waals surface area contributed by atoms with Crippen LogP contribution in [0.5, 0.6) is 0 Å². The smallest absolute Gasteiger partial charge is 0.252 e. The van der Waals surface area contributed by atoms with Crippen molar-refractivity contribution in [2.24, 2.45) is 11.8 Å². The van der Waals surface area contributed by atoms with Gasteiger partial charge in [-0.2, -0.15) is 0 Å². The van der Waals surface area contributed by atoms with Crippen LogP contribution < -0.4 is 5.32 Å². The Morgan fingerprint density at radius 2 is 2.07 bits per heavy atom. The number of carbonyl (C=O) groups is 1. The van der Waals surface area contributed by atoms with Crippen LogP contribution in [0.1, 0.15) is 32.1 Å². The van der Waals surface area contributed by atoms with Crippen LogP contribution in [-0.4, -0.2) is 18.4 Å². The monoisotopic (exact) mass is 203 g/mol. The van der Waals surface area contributed by atoms with Crippen LogP contribution in [0, 0.1) is 11.8 Å². The second-order valence-electron chi connectivity index (χ2n) is 4.37. The van der Waals surface area contributed by atoms with Crippen LogP contribution in [0.25, 0.3) is 0 Å². The summed E-state index contributed by atoms with van der Waals surface area (Å²) in [6.45, 7) is 0.155. The summed E-state index contributed by atoms with van der Waals surface area (Å²) in [4.78, 5) is 11.2. The number of alkyl halides is 2. The summed E-state index contributed by atoms with van der Waals surface area (Å²) in [5.41, 5.74) is 0. The molecule has 4 heteroatoms. The molecular weight excluding hydrogens is 188 g/mol. The highest BCUT2D eigenvalue weighted by Gasteiger charge is 2.44. The molecule has 2 fully saturated rings. The molecule has 0 saturated heterocycles. The summed E-state index contributed by atoms with van der Waals surface area (Å²) < 4.78 is 26.2. The average molecular weight is 203 g/mol. The zero-order chi connectivity index (χ0) is 10.2. The van der Waals surface area contributed by atoms with Gasteiger partial charge in [0.15, 0.2) is 0 Å². The van der Waals surface area contributed by atoms with Crippen molar-refractivity contribution < 1.29 is 13.6 Å². The number of hydrogen-bond acceptors (Lipinski definition) is 1. The largest absolute Gasteiger partial charge is 0.355 e. The first-order valence-corrected chi connectivity index (χ1v) is 5.25. The highest BCUT2D eigenvalue weighted by Crippen LogP contribution is 2.40. The molecule has 2 aliphatic rings. The summed E-state index contributed by atoms with van der Waals surface area (Å²) >= 11 is 0. The van der Waals surface area contributed by atoms with Crippen LogP contribution in [-0.2, 0) is 4.79 Å². The normalized spacial score (nSPS) is 30.3. The second-order valence-corrected chi connectivity index (χ2v) is 4.37. The van der Waals surface area contributed by atoms with Crippen LogP contribution in [0.3, 0.4) is 0 Å². The Balaban J connectivity index is 1.76. The number of halogens is 2. The Bertz CT molecular complexity index is 238. The molecule has 2 rings (SSSR count). The van der Waals surface area contributed by atoms with E-state index in [9.17, 15) is 13.6 Å². The van der Waals surface area contributed by atoms with Gasteiger partial charge in [-0.05, 0) is 25.7 Å². The van der Waals surface area contributed by atoms with E-state index in [1.54, 1.807) is 0 Å². The van der Waals surface area contributed by atoms with Crippen LogP contribution in [0.15, 0.2) is 0 Å². The van der Waals surface area contributed by atoms with Gasteiger partial charge >= 0.3 is 0 Å². The molecule has 0 radical (unpaired) electrons. The minimum absolute atomic E-state index is 0.0169. The number of amides is 1. The molecule has 1 unspecified atom stereocenters. The van der Waals surface area contributed by atoms with E-state index in [2.05, 4.69) is 5.32 Å². The number of hydrogen-bond donors (Lipinski definition) is 1. The lowest BCUT2D eigenvalue weighted by Crippen LogP contribution is -2.36. The minimum atomic E-state index is -2.56. The van der Waals surface area contributed by atoms with Crippen molar-refractivity contribution in [1.29, 1.82) is 0 Å². The molecule has 80 valence electrons. The topological polar surface area (TPSA) is 29.1 Å². The Labute approximate surface area is 82.1 Å². The van der Waals surface area contributed by atoms with E-state index in [-0.39, 0.29) is 24.8 Å². The molecule has 14 heavy (non-hydrogen) atoms. The van der Waals surface area contributed by atoms with Crippen LogP contribution in [0.2, 0.25) is 0 Å². The fourth-order valence-corrected chi connectivity index (χ4v) is 1.96. The van der Waals surface area contributed by atoms with Crippen molar-refractivity contribution >= 4 is 5.91 Å². The van der Waals surface area contributed by atoms with Crippen molar-refractivity contribution in [2.45, 2.75) is 38.0 Å². The van der Waals surface area contributed by atoms with E-state index in [4.69, 9.17) is 0 Å². The van der Waals surface area contributed by atoms with Gasteiger partial charge in [0.1, 0.15) is 0 Å². The first-order chi connectivity index (χ1) is 6.59. The van der Waals surface area contributed by atoms with E-state index < -0.39 is 11.8 Å². The maximum absolute atomic E-state index is 13.1. The zero-order valence-electron chi connectivity index (χ0n) is 8.06. The summed E-state index contributed by atoms with van der Waals surface area (Å²) in [7, 11) is 0. The predicted octanol–water partition coefficient (Wildman–Crippen LogP) is 1.95. The fraction of sp³-hybridized carbons (Fsp3) is 0.900. The minimum Gasteiger partial charge on any atom is -0.355 e. The molecule has 1 amide bonds. The van der Waals surface area contributed by atoms with E-state index in [1.807, 2.05) is 0 Å². The quantitative estimate of drug-likeness (QED) is 0.746. The number of nitrogens with one attached hydrogen (secondary N) is 1. The molecule has 0 spiro atoms. The van der Waals surface area contributed by atoms with Gasteiger partial charge in [-0.15, -0.1) is 0 Å². The zero-order valence-corrected chi connectivity index (χ0v) is 8.06. The van der Waals surface area contributed by atoms with Gasteiger partial charge in [-0.3, -0.25) is 4.79 Å². The van der Waals surface area contributed by atoms with E-state index in [0.717, 1.165) is 12.8 Å². The maximum Gasteiger partial charge on any atom is 0.252 e. The second kappa shape index (κ2) is 3.48. The predicted molar refractivity (Wildman–Crippen MR) is 48.0 cm³/mol. The molecule has 1 N–H and O–H groups in total. The van der Waals surface area contributed by atoms with Gasteiger partial charge in [-0.1, -0.05) is 0 Å². The SMILES string of the molecule is O=C(NCC1CCCC1(F)F)C1CC1. The molecular formula is C10H15F2NO. The van der Waals surface area contributed by atoms with E-state index in [1.165, 1.54) is 0 Å². The molecule has 0 aromatic rings. The summed E-state index contributed by atoms with van der Waals surface area (Å²) in [5.74, 6) is -3.11. The molecule has 0 aromatic carbocycles. The van der Waals surface area contributed by atoms with Gasteiger partial charge in [0.25, 0.3) is 5.92 Å². The van der Waals surface area contributed by atoms with Gasteiger partial charge in [-0.25, -0.2) is 8.78 Å². The summed E-state index contributed by atoms with van der Waals surface area (Å²) in [6.07, 6.45) is 2.95. The van der Waals surface area contributed by atoms with E-state index in [0.29, 0.717) is 12.8 Å². The van der Waals surface area contributed by atoms with Crippen molar-refractivity contribution in [3.8, 4) is 0 Å². The average Bonchev–Trinajstić information content (AvgIpc) is 2.88. The third-order valence-electron chi connectivity index (χ3n) is 3.13. The Morgan fingerprint density at radius 3 is 2.57 bits per heavy atom. The number of rotatable bonds is 3. The summed E-state index contributed by atoms with van der Waals surface area (Å²) in [6, 6.07) is 0. The van der Waals surface area contributed by atoms with Crippen LogP contribution >= 0.6 is 0 Å². The Morgan fingerprint density at radius 1 is 1.36 bits per heavy atom. The first-order valence-electron chi connectivity index (χ1n) is 5.25. The molecule has 1 atom stereocenters. The van der Waals surface area contributed by atoms with E-state index >= 15 is 0 Å². The Hall–Kier alpha value is -0.670. The van der Waals surface area contributed by atoms with Crippen molar-refractivity contribution in [3.05, 3.63) is 0 Å². The third-order valence-corrected chi connectivity index (χ3v) is 3.13. The highest BCUT2D eigenvalue weighted by atomic mass is 19.3. The fourth-order valence-electron chi connectivity index (χ4n) is 1.96. The van der Waals surface area contributed by atoms with Crippen molar-refractivity contribution in [1.82, 2.24) is 5.32 Å². The third kappa shape index (κ3) is 2.04. The molecule has 2 saturated carbocycles. The molecule has 0 bridgehead atoms. The van der Waals surface area contributed by atoms with Gasteiger partial charge in [0, 0.05) is 24.8 Å². The molecule has 0 aliphatic heterocycles.